The van der Waals surface area contributed by atoms with Crippen LogP contribution in [0.25, 0.3) is 0 Å². The number of nitrogens with zero attached hydrogens (tertiary/aromatic N) is 3. The van der Waals surface area contributed by atoms with E-state index in [1.165, 1.54) is 0 Å². The van der Waals surface area contributed by atoms with E-state index in [0.717, 1.165) is 16.8 Å². The Morgan fingerprint density at radius 1 is 1.15 bits per heavy atom. The summed E-state index contributed by atoms with van der Waals surface area (Å²) in [5.41, 5.74) is 2.45. The van der Waals surface area contributed by atoms with Gasteiger partial charge in [-0.15, -0.1) is 0 Å². The first-order valence-electron chi connectivity index (χ1n) is 11.5. The van der Waals surface area contributed by atoms with Crippen LogP contribution < -0.4 is 10.2 Å². The smallest absolute Gasteiger partial charge is 0.251 e. The molecule has 7 nitrogen and oxygen atoms in total. The fourth-order valence-electron chi connectivity index (χ4n) is 4.87. The molecule has 4 rings (SSSR count). The maximum Gasteiger partial charge on any atom is 0.251 e. The minimum atomic E-state index is -0.678. The highest BCUT2D eigenvalue weighted by molar-refractivity contribution is 6.09. The van der Waals surface area contributed by atoms with E-state index in [1.807, 2.05) is 29.2 Å². The zero-order chi connectivity index (χ0) is 23.8. The molecule has 0 atom stereocenters. The van der Waals surface area contributed by atoms with Crippen molar-refractivity contribution in [2.75, 3.05) is 25.0 Å². The monoisotopic (exact) mass is 448 g/mol. The van der Waals surface area contributed by atoms with Crippen LogP contribution in [0.15, 0.2) is 42.7 Å². The third-order valence-electron chi connectivity index (χ3n) is 6.68. The van der Waals surface area contributed by atoms with E-state index in [1.54, 1.807) is 30.4 Å². The number of hydrogen-bond donors (Lipinski definition) is 1. The molecule has 3 heterocycles. The van der Waals surface area contributed by atoms with E-state index < -0.39 is 5.41 Å². The third-order valence-corrected chi connectivity index (χ3v) is 6.68. The van der Waals surface area contributed by atoms with E-state index in [4.69, 9.17) is 0 Å². The molecule has 7 heteroatoms. The summed E-state index contributed by atoms with van der Waals surface area (Å²) >= 11 is 0. The first kappa shape index (κ1) is 23.0. The summed E-state index contributed by atoms with van der Waals surface area (Å²) in [6, 6.07) is 9.23. The van der Waals surface area contributed by atoms with Gasteiger partial charge in [0.15, 0.2) is 0 Å². The number of amides is 3. The summed E-state index contributed by atoms with van der Waals surface area (Å²) in [5.74, 6) is 0.00448. The van der Waals surface area contributed by atoms with Gasteiger partial charge in [0.05, 0.1) is 5.41 Å². The molecule has 1 spiro atoms. The molecule has 1 saturated heterocycles. The summed E-state index contributed by atoms with van der Waals surface area (Å²) in [6.45, 7) is 7.66. The van der Waals surface area contributed by atoms with Gasteiger partial charge in [-0.3, -0.25) is 19.4 Å². The number of piperidine rings is 1. The second kappa shape index (κ2) is 8.61. The summed E-state index contributed by atoms with van der Waals surface area (Å²) < 4.78 is 0. The molecule has 33 heavy (non-hydrogen) atoms. The molecule has 1 aromatic heterocycles. The van der Waals surface area contributed by atoms with Crippen molar-refractivity contribution in [2.45, 2.75) is 52.0 Å². The predicted octanol–water partition coefficient (Wildman–Crippen LogP) is 3.28. The van der Waals surface area contributed by atoms with Crippen LogP contribution in [0.1, 0.15) is 61.5 Å². The molecule has 0 radical (unpaired) electrons. The highest BCUT2D eigenvalue weighted by Crippen LogP contribution is 2.48. The molecule has 2 aliphatic heterocycles. The van der Waals surface area contributed by atoms with Crippen molar-refractivity contribution in [3.05, 3.63) is 59.4 Å². The fourth-order valence-corrected chi connectivity index (χ4v) is 4.87. The minimum Gasteiger partial charge on any atom is -0.348 e. The van der Waals surface area contributed by atoms with E-state index >= 15 is 0 Å². The van der Waals surface area contributed by atoms with Gasteiger partial charge in [-0.1, -0.05) is 26.8 Å². The van der Waals surface area contributed by atoms with Gasteiger partial charge in [-0.2, -0.15) is 0 Å². The van der Waals surface area contributed by atoms with Crippen molar-refractivity contribution in [3.8, 4) is 0 Å². The molecule has 0 bridgehead atoms. The Bertz CT molecular complexity index is 1070. The van der Waals surface area contributed by atoms with Gasteiger partial charge in [-0.25, -0.2) is 0 Å². The van der Waals surface area contributed by atoms with Crippen molar-refractivity contribution in [1.29, 1.82) is 0 Å². The number of nitrogens with one attached hydrogen (secondary N) is 1. The van der Waals surface area contributed by atoms with Gasteiger partial charge < -0.3 is 15.1 Å². The lowest BCUT2D eigenvalue weighted by atomic mass is 9.73. The van der Waals surface area contributed by atoms with Crippen LogP contribution in [0.2, 0.25) is 0 Å². The molecule has 0 aliphatic carbocycles. The Balaban J connectivity index is 1.52. The second-order valence-corrected chi connectivity index (χ2v) is 10.3. The van der Waals surface area contributed by atoms with Crippen LogP contribution in [0, 0.1) is 5.41 Å². The molecular formula is C26H32N4O3. The maximum absolute atomic E-state index is 13.4. The normalized spacial score (nSPS) is 17.3. The van der Waals surface area contributed by atoms with Crippen LogP contribution in [-0.2, 0) is 21.5 Å². The standard InChI is InChI=1S/C26H32N4O3/c1-25(2,3)15-22(31)30-12-9-26(10-13-30)20-14-19(7-8-21(20)29(4)24(26)33)23(32)28-17-18-6-5-11-27-16-18/h5-8,11,14,16H,9-10,12-13,15,17H2,1-4H3,(H,28,32). The van der Waals surface area contributed by atoms with Crippen LogP contribution >= 0.6 is 0 Å². The van der Waals surface area contributed by atoms with Crippen molar-refractivity contribution >= 4 is 23.4 Å². The van der Waals surface area contributed by atoms with Crippen molar-refractivity contribution in [2.24, 2.45) is 5.41 Å². The largest absolute Gasteiger partial charge is 0.348 e. The number of anilines is 1. The quantitative estimate of drug-likeness (QED) is 0.778. The molecule has 1 aromatic carbocycles. The molecule has 0 saturated carbocycles. The highest BCUT2D eigenvalue weighted by Gasteiger charge is 2.51. The molecule has 2 aromatic rings. The van der Waals surface area contributed by atoms with Gasteiger partial charge in [0.2, 0.25) is 11.8 Å². The van der Waals surface area contributed by atoms with Crippen molar-refractivity contribution in [1.82, 2.24) is 15.2 Å². The lowest BCUT2D eigenvalue weighted by molar-refractivity contribution is -0.137. The number of hydrogen-bond acceptors (Lipinski definition) is 4. The summed E-state index contributed by atoms with van der Waals surface area (Å²) in [5, 5.41) is 2.93. The number of fused-ring (bicyclic) bond motifs is 2. The summed E-state index contributed by atoms with van der Waals surface area (Å²) in [4.78, 5) is 46.6. The molecular weight excluding hydrogens is 416 g/mol. The Labute approximate surface area is 195 Å². The number of pyridine rings is 1. The molecule has 3 amide bonds. The van der Waals surface area contributed by atoms with Crippen molar-refractivity contribution < 1.29 is 14.4 Å². The Kier molecular flexibility index (Phi) is 5.99. The number of carbonyl (C=O) groups is 3. The average Bonchev–Trinajstić information content (AvgIpc) is 2.99. The highest BCUT2D eigenvalue weighted by atomic mass is 16.2. The molecule has 2 aliphatic rings. The minimum absolute atomic E-state index is 0.0494. The predicted molar refractivity (Wildman–Crippen MR) is 127 cm³/mol. The second-order valence-electron chi connectivity index (χ2n) is 10.3. The number of aromatic nitrogens is 1. The number of likely N-dealkylation sites (N-methyl/N-ethyl adjacent to an activating group) is 1. The van der Waals surface area contributed by atoms with Crippen molar-refractivity contribution in [3.63, 3.8) is 0 Å². The Hall–Kier alpha value is -3.22. The SMILES string of the molecule is CN1C(=O)C2(CCN(C(=O)CC(C)(C)C)CC2)c2cc(C(=O)NCc3cccnc3)ccc21. The van der Waals surface area contributed by atoms with E-state index in [0.29, 0.717) is 44.5 Å². The molecule has 174 valence electrons. The van der Waals surface area contributed by atoms with Crippen LogP contribution in [0.5, 0.6) is 0 Å². The maximum atomic E-state index is 13.4. The number of rotatable bonds is 4. The van der Waals surface area contributed by atoms with Crippen LogP contribution in [-0.4, -0.2) is 47.7 Å². The topological polar surface area (TPSA) is 82.6 Å². The fraction of sp³-hybridized carbons (Fsp3) is 0.462. The van der Waals surface area contributed by atoms with Gasteiger partial charge in [0.1, 0.15) is 0 Å². The first-order valence-corrected chi connectivity index (χ1v) is 11.5. The zero-order valence-electron chi connectivity index (χ0n) is 19.9. The third kappa shape index (κ3) is 4.49. The van der Waals surface area contributed by atoms with Gasteiger partial charge >= 0.3 is 0 Å². The van der Waals surface area contributed by atoms with Crippen LogP contribution in [0.4, 0.5) is 5.69 Å². The summed E-state index contributed by atoms with van der Waals surface area (Å²) in [7, 11) is 1.79. The van der Waals surface area contributed by atoms with Gasteiger partial charge in [-0.05, 0) is 53.6 Å². The number of likely N-dealkylation sites (tertiary alicyclic amines) is 1. The van der Waals surface area contributed by atoms with Crippen LogP contribution in [0.3, 0.4) is 0 Å². The molecule has 1 fully saturated rings. The molecule has 0 unspecified atom stereocenters. The first-order chi connectivity index (χ1) is 15.6. The number of benzene rings is 1. The van der Waals surface area contributed by atoms with E-state index in [-0.39, 0.29) is 23.1 Å². The lowest BCUT2D eigenvalue weighted by Gasteiger charge is -2.39. The van der Waals surface area contributed by atoms with E-state index in [9.17, 15) is 14.4 Å². The lowest BCUT2D eigenvalue weighted by Crippen LogP contribution is -2.50. The van der Waals surface area contributed by atoms with Gasteiger partial charge in [0, 0.05) is 56.7 Å². The molecule has 1 N–H and O–H groups in total. The summed E-state index contributed by atoms with van der Waals surface area (Å²) in [6.07, 6.45) is 5.05. The number of carbonyl (C=O) groups excluding carboxylic acids is 3. The zero-order valence-corrected chi connectivity index (χ0v) is 19.9. The van der Waals surface area contributed by atoms with E-state index in [2.05, 4.69) is 31.1 Å². The Morgan fingerprint density at radius 2 is 1.88 bits per heavy atom. The van der Waals surface area contributed by atoms with Gasteiger partial charge in [0.25, 0.3) is 5.91 Å². The average molecular weight is 449 g/mol. The Morgan fingerprint density at radius 3 is 2.52 bits per heavy atom.